The number of benzene rings is 2. The van der Waals surface area contributed by atoms with Crippen LogP contribution in [0.25, 0.3) is 0 Å². The van der Waals surface area contributed by atoms with Crippen molar-refractivity contribution in [3.8, 4) is 0 Å². The molecule has 148 valence electrons. The summed E-state index contributed by atoms with van der Waals surface area (Å²) in [4.78, 5) is 29.3. The Kier molecular flexibility index (Phi) is 5.96. The van der Waals surface area contributed by atoms with Crippen molar-refractivity contribution in [2.24, 2.45) is 0 Å². The van der Waals surface area contributed by atoms with Crippen molar-refractivity contribution >= 4 is 23.3 Å². The van der Waals surface area contributed by atoms with E-state index >= 15 is 0 Å². The Labute approximate surface area is 165 Å². The molecule has 1 atom stereocenters. The Bertz CT molecular complexity index is 839. The molecule has 7 heteroatoms. The molecule has 1 aliphatic rings. The molecule has 0 radical (unpaired) electrons. The molecular weight excluding hydrogens is 356 g/mol. The van der Waals surface area contributed by atoms with Gasteiger partial charge in [0.1, 0.15) is 0 Å². The van der Waals surface area contributed by atoms with Crippen molar-refractivity contribution in [1.29, 1.82) is 0 Å². The lowest BCUT2D eigenvalue weighted by Gasteiger charge is -2.42. The molecule has 0 spiro atoms. The van der Waals surface area contributed by atoms with Crippen molar-refractivity contribution in [3.05, 3.63) is 60.2 Å². The average molecular weight is 382 g/mol. The first-order chi connectivity index (χ1) is 13.5. The molecule has 0 saturated carbocycles. The first-order valence-corrected chi connectivity index (χ1v) is 9.51. The summed E-state index contributed by atoms with van der Waals surface area (Å²) in [6.45, 7) is 6.88. The van der Waals surface area contributed by atoms with Gasteiger partial charge in [-0.2, -0.15) is 0 Å². The summed E-state index contributed by atoms with van der Waals surface area (Å²) in [6, 6.07) is 14.9. The summed E-state index contributed by atoms with van der Waals surface area (Å²) in [5, 5.41) is 17.1. The molecule has 2 aromatic carbocycles. The minimum absolute atomic E-state index is 0.332. The molecule has 0 saturated heterocycles. The number of hydrogen-bond acceptors (Lipinski definition) is 4. The summed E-state index contributed by atoms with van der Waals surface area (Å²) < 4.78 is 0. The molecule has 2 aromatic rings. The Hall–Kier alpha value is -2.90. The molecule has 0 fully saturated rings. The number of likely N-dealkylation sites (N-methyl/N-ethyl adjacent to an activating group) is 1. The Morgan fingerprint density at radius 2 is 1.75 bits per heavy atom. The second kappa shape index (κ2) is 8.41. The van der Waals surface area contributed by atoms with Crippen molar-refractivity contribution in [1.82, 2.24) is 10.2 Å². The predicted octanol–water partition coefficient (Wildman–Crippen LogP) is 2.34. The van der Waals surface area contributed by atoms with Gasteiger partial charge in [-0.15, -0.1) is 0 Å². The van der Waals surface area contributed by atoms with E-state index in [4.69, 9.17) is 0 Å². The minimum atomic E-state index is -2.15. The second-order valence-electron chi connectivity index (χ2n) is 6.60. The van der Waals surface area contributed by atoms with Gasteiger partial charge in [0.2, 0.25) is 0 Å². The van der Waals surface area contributed by atoms with Crippen LogP contribution in [0.2, 0.25) is 0 Å². The molecule has 0 aromatic heterocycles. The van der Waals surface area contributed by atoms with Crippen molar-refractivity contribution < 1.29 is 14.7 Å². The van der Waals surface area contributed by atoms with Crippen molar-refractivity contribution in [2.75, 3.05) is 36.4 Å². The Morgan fingerprint density at radius 3 is 2.43 bits per heavy atom. The minimum Gasteiger partial charge on any atom is -0.359 e. The number of hydrogen-bond donors (Lipinski definition) is 3. The van der Waals surface area contributed by atoms with E-state index in [1.165, 1.54) is 0 Å². The number of rotatable bonds is 7. The van der Waals surface area contributed by atoms with E-state index in [1.807, 2.05) is 6.07 Å². The number of urea groups is 1. The maximum Gasteiger partial charge on any atom is 0.329 e. The fourth-order valence-corrected chi connectivity index (χ4v) is 3.43. The van der Waals surface area contributed by atoms with Crippen LogP contribution in [0.1, 0.15) is 19.4 Å². The zero-order chi connectivity index (χ0) is 20.1. The highest BCUT2D eigenvalue weighted by Gasteiger charge is 2.51. The monoisotopic (exact) mass is 382 g/mol. The fraction of sp³-hybridized carbons (Fsp3) is 0.333. The van der Waals surface area contributed by atoms with Crippen LogP contribution in [0, 0.1) is 0 Å². The summed E-state index contributed by atoms with van der Waals surface area (Å²) in [6.07, 6.45) is 0. The van der Waals surface area contributed by atoms with Crippen molar-refractivity contribution in [3.63, 3.8) is 0 Å². The summed E-state index contributed by atoms with van der Waals surface area (Å²) >= 11 is 0. The number of carbonyl (C=O) groups excluding carboxylic acids is 2. The maximum absolute atomic E-state index is 13.2. The molecule has 0 bridgehead atoms. The zero-order valence-electron chi connectivity index (χ0n) is 16.2. The van der Waals surface area contributed by atoms with Crippen molar-refractivity contribution in [2.45, 2.75) is 19.6 Å². The normalized spacial score (nSPS) is 18.6. The molecule has 3 amide bonds. The van der Waals surface area contributed by atoms with Crippen LogP contribution in [-0.2, 0) is 10.5 Å². The van der Waals surface area contributed by atoms with Crippen LogP contribution in [0.3, 0.4) is 0 Å². The predicted molar refractivity (Wildman–Crippen MR) is 109 cm³/mol. The van der Waals surface area contributed by atoms with Gasteiger partial charge in [0.05, 0.1) is 5.69 Å². The molecule has 3 N–H and O–H groups in total. The van der Waals surface area contributed by atoms with Gasteiger partial charge in [-0.3, -0.25) is 9.69 Å². The average Bonchev–Trinajstić information content (AvgIpc) is 2.72. The van der Waals surface area contributed by atoms with E-state index in [9.17, 15) is 14.7 Å². The number of para-hydroxylation sites is 2. The van der Waals surface area contributed by atoms with Gasteiger partial charge in [0.25, 0.3) is 11.6 Å². The molecular formula is C21H26N4O3. The lowest BCUT2D eigenvalue weighted by atomic mass is 9.95. The topological polar surface area (TPSA) is 84.9 Å². The number of carbonyl (C=O) groups is 2. The summed E-state index contributed by atoms with van der Waals surface area (Å²) in [5.41, 5.74) is -0.973. The summed E-state index contributed by atoms with van der Waals surface area (Å²) in [7, 11) is 0. The highest BCUT2D eigenvalue weighted by atomic mass is 16.3. The quantitative estimate of drug-likeness (QED) is 0.686. The Balaban J connectivity index is 1.96. The second-order valence-corrected chi connectivity index (χ2v) is 6.60. The molecule has 28 heavy (non-hydrogen) atoms. The van der Waals surface area contributed by atoms with E-state index in [0.717, 1.165) is 18.0 Å². The first-order valence-electron chi connectivity index (χ1n) is 9.51. The molecule has 1 aliphatic heterocycles. The number of aliphatic hydroxyl groups is 1. The number of fused-ring (bicyclic) bond motifs is 1. The number of amides is 3. The highest BCUT2D eigenvalue weighted by molar-refractivity contribution is 6.11. The molecule has 1 unspecified atom stereocenters. The smallest absolute Gasteiger partial charge is 0.329 e. The van der Waals surface area contributed by atoms with Gasteiger partial charge >= 0.3 is 6.03 Å². The van der Waals surface area contributed by atoms with E-state index in [-0.39, 0.29) is 0 Å². The largest absolute Gasteiger partial charge is 0.359 e. The highest BCUT2D eigenvalue weighted by Crippen LogP contribution is 2.39. The maximum atomic E-state index is 13.2. The first kappa shape index (κ1) is 19.9. The lowest BCUT2D eigenvalue weighted by molar-refractivity contribution is -0.140. The third kappa shape index (κ3) is 3.58. The van der Waals surface area contributed by atoms with Crippen LogP contribution in [-0.4, -0.2) is 48.1 Å². The van der Waals surface area contributed by atoms with E-state index in [1.54, 1.807) is 48.5 Å². The summed E-state index contributed by atoms with van der Waals surface area (Å²) in [5.74, 6) is -0.634. The third-order valence-electron chi connectivity index (χ3n) is 5.01. The van der Waals surface area contributed by atoms with Gasteiger partial charge in [-0.1, -0.05) is 50.2 Å². The molecule has 1 heterocycles. The molecule has 7 nitrogen and oxygen atoms in total. The van der Waals surface area contributed by atoms with Crippen LogP contribution in [0.5, 0.6) is 0 Å². The Morgan fingerprint density at radius 1 is 1.11 bits per heavy atom. The fourth-order valence-electron chi connectivity index (χ4n) is 3.43. The van der Waals surface area contributed by atoms with Crippen LogP contribution >= 0.6 is 0 Å². The SMILES string of the molecule is CCN(CC)CCNC(=O)C1(O)c2ccccc2NC(=O)N1c1ccccc1. The molecule has 3 rings (SSSR count). The molecule has 0 aliphatic carbocycles. The van der Waals surface area contributed by atoms with Gasteiger partial charge in [-0.05, 0) is 31.3 Å². The number of anilines is 2. The van der Waals surface area contributed by atoms with E-state index in [0.29, 0.717) is 30.0 Å². The van der Waals surface area contributed by atoms with E-state index < -0.39 is 17.7 Å². The number of nitrogens with zero attached hydrogens (tertiary/aromatic N) is 2. The van der Waals surface area contributed by atoms with Crippen LogP contribution < -0.4 is 15.5 Å². The van der Waals surface area contributed by atoms with Gasteiger partial charge in [0.15, 0.2) is 0 Å². The van der Waals surface area contributed by atoms with Crippen LogP contribution in [0.4, 0.5) is 16.2 Å². The third-order valence-corrected chi connectivity index (χ3v) is 5.01. The van der Waals surface area contributed by atoms with Crippen LogP contribution in [0.15, 0.2) is 54.6 Å². The van der Waals surface area contributed by atoms with Gasteiger partial charge in [-0.25, -0.2) is 4.79 Å². The van der Waals surface area contributed by atoms with E-state index in [2.05, 4.69) is 29.4 Å². The van der Waals surface area contributed by atoms with Gasteiger partial charge in [0, 0.05) is 24.3 Å². The standard InChI is InChI=1S/C21H26N4O3/c1-3-24(4-2)15-14-22-19(26)21(28)17-12-8-9-13-18(17)23-20(27)25(21)16-10-6-5-7-11-16/h5-13,28H,3-4,14-15H2,1-2H3,(H,22,26)(H,23,27). The van der Waals surface area contributed by atoms with Gasteiger partial charge < -0.3 is 20.6 Å². The number of nitrogens with one attached hydrogen (secondary N) is 2. The zero-order valence-corrected chi connectivity index (χ0v) is 16.2. The lowest BCUT2D eigenvalue weighted by Crippen LogP contribution is -2.63.